The van der Waals surface area contributed by atoms with E-state index in [1.807, 2.05) is 0 Å². The van der Waals surface area contributed by atoms with Gasteiger partial charge in [-0.1, -0.05) is 42.8 Å². The summed E-state index contributed by atoms with van der Waals surface area (Å²) in [5.41, 5.74) is 1.26. The molecule has 0 aromatic heterocycles. The van der Waals surface area contributed by atoms with Crippen molar-refractivity contribution in [1.29, 1.82) is 0 Å². The van der Waals surface area contributed by atoms with Crippen LogP contribution in [0.15, 0.2) is 42.5 Å². The Morgan fingerprint density at radius 1 is 1.05 bits per heavy atom. The zero-order chi connectivity index (χ0) is 14.8. The van der Waals surface area contributed by atoms with Gasteiger partial charge in [-0.15, -0.1) is 0 Å². The maximum Gasteiger partial charge on any atom is 0.137 e. The van der Waals surface area contributed by atoms with E-state index < -0.39 is 0 Å². The molecule has 0 bridgehead atoms. The Labute approximate surface area is 126 Å². The van der Waals surface area contributed by atoms with Crippen molar-refractivity contribution in [3.05, 3.63) is 48.0 Å². The van der Waals surface area contributed by atoms with Crippen molar-refractivity contribution in [3.8, 4) is 0 Å². The maximum absolute atomic E-state index is 12.4. The van der Waals surface area contributed by atoms with E-state index in [9.17, 15) is 4.79 Å². The first-order valence-corrected chi connectivity index (χ1v) is 7.84. The molecule has 2 aromatic rings. The first kappa shape index (κ1) is 14.3. The van der Waals surface area contributed by atoms with Crippen molar-refractivity contribution in [2.75, 3.05) is 14.1 Å². The van der Waals surface area contributed by atoms with Crippen molar-refractivity contribution in [1.82, 2.24) is 4.90 Å². The van der Waals surface area contributed by atoms with Crippen molar-refractivity contribution >= 4 is 16.6 Å². The third kappa shape index (κ3) is 2.86. The summed E-state index contributed by atoms with van der Waals surface area (Å²) < 4.78 is 0. The van der Waals surface area contributed by atoms with Crippen LogP contribution in [0, 0.1) is 5.92 Å². The minimum atomic E-state index is 0.148. The third-order valence-corrected chi connectivity index (χ3v) is 4.65. The highest BCUT2D eigenvalue weighted by molar-refractivity contribution is 5.85. The van der Waals surface area contributed by atoms with E-state index in [0.717, 1.165) is 19.3 Å². The molecular weight excluding hydrogens is 258 g/mol. The van der Waals surface area contributed by atoms with Crippen LogP contribution in [0.5, 0.6) is 0 Å². The minimum Gasteiger partial charge on any atom is -0.302 e. The maximum atomic E-state index is 12.4. The van der Waals surface area contributed by atoms with Crippen molar-refractivity contribution in [3.63, 3.8) is 0 Å². The fourth-order valence-electron chi connectivity index (χ4n) is 3.63. The molecule has 2 aromatic carbocycles. The largest absolute Gasteiger partial charge is 0.302 e. The van der Waals surface area contributed by atoms with Gasteiger partial charge in [-0.2, -0.15) is 0 Å². The number of carbonyl (C=O) groups is 1. The Kier molecular flexibility index (Phi) is 4.07. The molecular formula is C19H23NO. The van der Waals surface area contributed by atoms with Gasteiger partial charge in [0.05, 0.1) is 0 Å². The molecule has 0 heterocycles. The number of Topliss-reactive ketones (excluding diaryl/α,β-unsaturated/α-hetero) is 1. The number of hydrogen-bond donors (Lipinski definition) is 0. The molecule has 0 N–H and O–H groups in total. The lowest BCUT2D eigenvalue weighted by Crippen LogP contribution is -2.34. The number of benzene rings is 2. The van der Waals surface area contributed by atoms with Crippen molar-refractivity contribution < 1.29 is 4.79 Å². The molecule has 0 spiro atoms. The van der Waals surface area contributed by atoms with Crippen LogP contribution in [0.4, 0.5) is 0 Å². The van der Waals surface area contributed by atoms with E-state index >= 15 is 0 Å². The average molecular weight is 281 g/mol. The number of fused-ring (bicyclic) bond motifs is 1. The summed E-state index contributed by atoms with van der Waals surface area (Å²) in [6.07, 6.45) is 4.01. The van der Waals surface area contributed by atoms with Gasteiger partial charge in [0.25, 0.3) is 0 Å². The molecule has 2 heteroatoms. The second-order valence-electron chi connectivity index (χ2n) is 6.33. The summed E-state index contributed by atoms with van der Waals surface area (Å²) in [5, 5.41) is 2.51. The summed E-state index contributed by atoms with van der Waals surface area (Å²) in [4.78, 5) is 14.6. The molecule has 0 radical (unpaired) electrons. The molecule has 2 nitrogen and oxygen atoms in total. The fraction of sp³-hybridized carbons (Fsp3) is 0.421. The molecule has 3 rings (SSSR count). The van der Waals surface area contributed by atoms with Crippen LogP contribution in [0.2, 0.25) is 0 Å². The molecule has 2 atom stereocenters. The van der Waals surface area contributed by atoms with Gasteiger partial charge in [0, 0.05) is 18.4 Å². The quantitative estimate of drug-likeness (QED) is 0.840. The predicted molar refractivity (Wildman–Crippen MR) is 87.3 cm³/mol. The van der Waals surface area contributed by atoms with Gasteiger partial charge in [-0.05, 0) is 49.3 Å². The van der Waals surface area contributed by atoms with Gasteiger partial charge in [0.1, 0.15) is 5.78 Å². The van der Waals surface area contributed by atoms with E-state index in [0.29, 0.717) is 5.78 Å². The van der Waals surface area contributed by atoms with Crippen LogP contribution in [0.1, 0.15) is 37.3 Å². The second kappa shape index (κ2) is 5.98. The third-order valence-electron chi connectivity index (χ3n) is 4.65. The van der Waals surface area contributed by atoms with Crippen molar-refractivity contribution in [2.24, 2.45) is 5.92 Å². The van der Waals surface area contributed by atoms with Crippen LogP contribution in [0.3, 0.4) is 0 Å². The first-order chi connectivity index (χ1) is 10.2. The van der Waals surface area contributed by atoms with Gasteiger partial charge in [0.15, 0.2) is 0 Å². The van der Waals surface area contributed by atoms with Gasteiger partial charge in [-0.3, -0.25) is 4.79 Å². The second-order valence-corrected chi connectivity index (χ2v) is 6.33. The SMILES string of the molecule is CN(C)C(c1ccc2ccccc2c1)C1CCCCC1=O. The lowest BCUT2D eigenvalue weighted by molar-refractivity contribution is -0.126. The minimum absolute atomic E-state index is 0.148. The van der Waals surface area contributed by atoms with E-state index in [4.69, 9.17) is 0 Å². The molecule has 21 heavy (non-hydrogen) atoms. The van der Waals surface area contributed by atoms with Crippen LogP contribution in [0.25, 0.3) is 10.8 Å². The summed E-state index contributed by atoms with van der Waals surface area (Å²) in [5.74, 6) is 0.586. The highest BCUT2D eigenvalue weighted by Crippen LogP contribution is 2.36. The molecule has 1 aliphatic carbocycles. The van der Waals surface area contributed by atoms with E-state index in [-0.39, 0.29) is 12.0 Å². The number of ketones is 1. The summed E-state index contributed by atoms with van der Waals surface area (Å²) in [7, 11) is 4.17. The Hall–Kier alpha value is -1.67. The molecule has 1 fully saturated rings. The van der Waals surface area contributed by atoms with Crippen molar-refractivity contribution in [2.45, 2.75) is 31.7 Å². The molecule has 0 amide bonds. The average Bonchev–Trinajstić information content (AvgIpc) is 2.49. The number of nitrogens with zero attached hydrogens (tertiary/aromatic N) is 1. The molecule has 0 saturated heterocycles. The van der Waals surface area contributed by atoms with Crippen LogP contribution < -0.4 is 0 Å². The lowest BCUT2D eigenvalue weighted by atomic mass is 9.79. The van der Waals surface area contributed by atoms with Gasteiger partial charge >= 0.3 is 0 Å². The molecule has 2 unspecified atom stereocenters. The number of rotatable bonds is 3. The highest BCUT2D eigenvalue weighted by atomic mass is 16.1. The Balaban J connectivity index is 2.00. The molecule has 110 valence electrons. The smallest absolute Gasteiger partial charge is 0.137 e. The van der Waals surface area contributed by atoms with Crippen LogP contribution >= 0.6 is 0 Å². The number of hydrogen-bond acceptors (Lipinski definition) is 2. The first-order valence-electron chi connectivity index (χ1n) is 7.84. The van der Waals surface area contributed by atoms with Gasteiger partial charge in [-0.25, -0.2) is 0 Å². The molecule has 1 aliphatic rings. The van der Waals surface area contributed by atoms with Gasteiger partial charge in [0.2, 0.25) is 0 Å². The zero-order valence-electron chi connectivity index (χ0n) is 12.9. The van der Waals surface area contributed by atoms with Crippen LogP contribution in [-0.4, -0.2) is 24.8 Å². The van der Waals surface area contributed by atoms with E-state index in [2.05, 4.69) is 61.5 Å². The lowest BCUT2D eigenvalue weighted by Gasteiger charge is -2.34. The molecule has 1 saturated carbocycles. The Morgan fingerprint density at radius 3 is 2.52 bits per heavy atom. The highest BCUT2D eigenvalue weighted by Gasteiger charge is 2.32. The monoisotopic (exact) mass is 281 g/mol. The Morgan fingerprint density at radius 2 is 1.81 bits per heavy atom. The fourth-order valence-corrected chi connectivity index (χ4v) is 3.63. The summed E-state index contributed by atoms with van der Waals surface area (Å²) >= 11 is 0. The topological polar surface area (TPSA) is 20.3 Å². The summed E-state index contributed by atoms with van der Waals surface area (Å²) in [6, 6.07) is 15.2. The summed E-state index contributed by atoms with van der Waals surface area (Å²) in [6.45, 7) is 0. The van der Waals surface area contributed by atoms with Gasteiger partial charge < -0.3 is 4.90 Å². The predicted octanol–water partition coefficient (Wildman–Crippen LogP) is 4.20. The normalized spacial score (nSPS) is 20.9. The zero-order valence-corrected chi connectivity index (χ0v) is 12.9. The van der Waals surface area contributed by atoms with Crippen LogP contribution in [-0.2, 0) is 4.79 Å². The number of carbonyl (C=O) groups excluding carboxylic acids is 1. The molecule has 0 aliphatic heterocycles. The van der Waals surface area contributed by atoms with E-state index in [1.165, 1.54) is 22.8 Å². The standard InChI is InChI=1S/C19H23NO/c1-20(2)19(17-9-5-6-10-18(17)21)16-12-11-14-7-3-4-8-15(14)13-16/h3-4,7-8,11-13,17,19H,5-6,9-10H2,1-2H3. The van der Waals surface area contributed by atoms with E-state index in [1.54, 1.807) is 0 Å². The Bertz CT molecular complexity index is 647.